The molecule has 0 radical (unpaired) electrons. The Kier molecular flexibility index (Phi) is 4.63. The van der Waals surface area contributed by atoms with E-state index >= 15 is 0 Å². The third-order valence-electron chi connectivity index (χ3n) is 4.53. The number of allylic oxidation sites excluding steroid dienone is 2. The summed E-state index contributed by atoms with van der Waals surface area (Å²) in [7, 11) is -1.85. The van der Waals surface area contributed by atoms with E-state index in [2.05, 4.69) is 14.7 Å². The predicted molar refractivity (Wildman–Crippen MR) is 107 cm³/mol. The van der Waals surface area contributed by atoms with E-state index in [1.54, 1.807) is 65.4 Å². The summed E-state index contributed by atoms with van der Waals surface area (Å²) in [5.74, 6) is -0.386. The van der Waals surface area contributed by atoms with E-state index in [0.717, 1.165) is 0 Å². The highest BCUT2D eigenvalue weighted by atomic mass is 32.2. The first-order valence-electron chi connectivity index (χ1n) is 8.76. The maximum absolute atomic E-state index is 12.7. The topological polar surface area (TPSA) is 114 Å². The van der Waals surface area contributed by atoms with Crippen molar-refractivity contribution < 1.29 is 18.0 Å². The van der Waals surface area contributed by atoms with Gasteiger partial charge in [0, 0.05) is 43.4 Å². The van der Waals surface area contributed by atoms with Gasteiger partial charge in [-0.15, -0.1) is 4.40 Å². The molecule has 0 fully saturated rings. The van der Waals surface area contributed by atoms with E-state index in [4.69, 9.17) is 0 Å². The van der Waals surface area contributed by atoms with Crippen LogP contribution in [0.25, 0.3) is 0 Å². The van der Waals surface area contributed by atoms with Crippen LogP contribution in [0.15, 0.2) is 65.0 Å². The minimum atomic E-state index is -3.59. The quantitative estimate of drug-likeness (QED) is 0.754. The fraction of sp³-hybridized carbons (Fsp3) is 0.158. The Hall–Kier alpha value is -3.53. The maximum Gasteiger partial charge on any atom is 0.259 e. The number of anilines is 1. The molecular formula is C19H17N5O4S. The van der Waals surface area contributed by atoms with Gasteiger partial charge in [-0.3, -0.25) is 9.59 Å². The summed E-state index contributed by atoms with van der Waals surface area (Å²) in [6, 6.07) is 6.39. The smallest absolute Gasteiger partial charge is 0.259 e. The number of carbonyl (C=O) groups is 2. The molecule has 1 N–H and O–H groups in total. The fourth-order valence-electron chi connectivity index (χ4n) is 3.01. The van der Waals surface area contributed by atoms with Crippen LogP contribution in [0.4, 0.5) is 5.69 Å². The van der Waals surface area contributed by atoms with E-state index in [1.807, 2.05) is 0 Å². The Balaban J connectivity index is 1.52. The third-order valence-corrected chi connectivity index (χ3v) is 5.68. The van der Waals surface area contributed by atoms with E-state index in [1.165, 1.54) is 6.08 Å². The van der Waals surface area contributed by atoms with Crippen molar-refractivity contribution >= 4 is 33.2 Å². The number of amides is 1. The number of hydrogen-bond acceptors (Lipinski definition) is 6. The van der Waals surface area contributed by atoms with Gasteiger partial charge in [0.1, 0.15) is 0 Å². The minimum Gasteiger partial charge on any atom is -0.331 e. The molecular weight excluding hydrogens is 394 g/mol. The van der Waals surface area contributed by atoms with Crippen molar-refractivity contribution in [3.8, 4) is 0 Å². The summed E-state index contributed by atoms with van der Waals surface area (Å²) in [4.78, 5) is 30.8. The van der Waals surface area contributed by atoms with Crippen molar-refractivity contribution in [2.24, 2.45) is 11.4 Å². The molecule has 4 rings (SSSR count). The molecule has 0 saturated heterocycles. The van der Waals surface area contributed by atoms with Gasteiger partial charge in [0.05, 0.1) is 11.3 Å². The van der Waals surface area contributed by atoms with Crippen LogP contribution in [-0.4, -0.2) is 52.7 Å². The Morgan fingerprint density at radius 2 is 1.93 bits per heavy atom. The molecule has 0 spiro atoms. The van der Waals surface area contributed by atoms with Crippen molar-refractivity contribution in [2.75, 3.05) is 17.6 Å². The molecule has 2 aromatic rings. The standard InChI is InChI=1S/C19H17N5O4S/c1-23-10-8-20-18(23)16(25)13-4-6-14(7-5-13)21-19(26)15-3-2-9-24-11-12-29(27,28)22-17(15)24/h2-10H,11-12H2,1H3,(H,21,26). The van der Waals surface area contributed by atoms with Crippen LogP contribution in [0.3, 0.4) is 0 Å². The second-order valence-electron chi connectivity index (χ2n) is 6.54. The van der Waals surface area contributed by atoms with Crippen LogP contribution in [0.5, 0.6) is 0 Å². The Labute approximate surface area is 167 Å². The molecule has 0 unspecified atom stereocenters. The molecule has 0 bridgehead atoms. The van der Waals surface area contributed by atoms with Gasteiger partial charge in [0.15, 0.2) is 11.7 Å². The highest BCUT2D eigenvalue weighted by Crippen LogP contribution is 2.20. The van der Waals surface area contributed by atoms with Gasteiger partial charge in [0.2, 0.25) is 5.78 Å². The lowest BCUT2D eigenvalue weighted by molar-refractivity contribution is -0.112. The number of sulfonamides is 1. The maximum atomic E-state index is 12.7. The molecule has 0 aliphatic carbocycles. The summed E-state index contributed by atoms with van der Waals surface area (Å²) in [6.45, 7) is 0.242. The van der Waals surface area contributed by atoms with Gasteiger partial charge in [-0.1, -0.05) is 0 Å². The lowest BCUT2D eigenvalue weighted by Gasteiger charge is -2.28. The van der Waals surface area contributed by atoms with E-state index in [-0.39, 0.29) is 29.5 Å². The molecule has 0 saturated carbocycles. The molecule has 29 heavy (non-hydrogen) atoms. The van der Waals surface area contributed by atoms with Crippen LogP contribution in [0.1, 0.15) is 16.2 Å². The number of aromatic nitrogens is 2. The molecule has 9 nitrogen and oxygen atoms in total. The largest absolute Gasteiger partial charge is 0.331 e. The number of imidazole rings is 1. The summed E-state index contributed by atoms with van der Waals surface area (Å²) in [5.41, 5.74) is 1.06. The van der Waals surface area contributed by atoms with Crippen LogP contribution in [0, 0.1) is 0 Å². The highest BCUT2D eigenvalue weighted by molar-refractivity contribution is 7.90. The molecule has 1 aromatic heterocycles. The predicted octanol–water partition coefficient (Wildman–Crippen LogP) is 1.09. The Bertz CT molecular complexity index is 1190. The van der Waals surface area contributed by atoms with E-state index in [0.29, 0.717) is 17.1 Å². The summed E-state index contributed by atoms with van der Waals surface area (Å²) >= 11 is 0. The van der Waals surface area contributed by atoms with Gasteiger partial charge >= 0.3 is 0 Å². The van der Waals surface area contributed by atoms with Crippen LogP contribution < -0.4 is 5.32 Å². The van der Waals surface area contributed by atoms with Gasteiger partial charge in [-0.25, -0.2) is 13.4 Å². The van der Waals surface area contributed by atoms with Gasteiger partial charge in [-0.2, -0.15) is 0 Å². The van der Waals surface area contributed by atoms with Crippen LogP contribution in [0.2, 0.25) is 0 Å². The fourth-order valence-corrected chi connectivity index (χ4v) is 4.00. The van der Waals surface area contributed by atoms with Crippen molar-refractivity contribution in [1.29, 1.82) is 0 Å². The van der Waals surface area contributed by atoms with Gasteiger partial charge in [0.25, 0.3) is 15.9 Å². The Morgan fingerprint density at radius 1 is 1.17 bits per heavy atom. The van der Waals surface area contributed by atoms with Crippen LogP contribution >= 0.6 is 0 Å². The lowest BCUT2D eigenvalue weighted by Crippen LogP contribution is -2.40. The number of fused-ring (bicyclic) bond motifs is 1. The average Bonchev–Trinajstić information content (AvgIpc) is 3.12. The van der Waals surface area contributed by atoms with Crippen molar-refractivity contribution in [3.63, 3.8) is 0 Å². The second-order valence-corrected chi connectivity index (χ2v) is 8.29. The van der Waals surface area contributed by atoms with Gasteiger partial charge in [-0.05, 0) is 36.4 Å². The average molecular weight is 411 g/mol. The molecule has 1 amide bonds. The second kappa shape index (κ2) is 7.13. The number of carbonyl (C=O) groups excluding carboxylic acids is 2. The molecule has 1 aromatic carbocycles. The SMILES string of the molecule is Cn1ccnc1C(=O)c1ccc(NC(=O)C2=CC=CN3CCS(=O)(=O)N=C23)cc1. The summed E-state index contributed by atoms with van der Waals surface area (Å²) in [6.07, 6.45) is 8.10. The van der Waals surface area contributed by atoms with Crippen molar-refractivity contribution in [1.82, 2.24) is 14.5 Å². The third kappa shape index (κ3) is 3.74. The summed E-state index contributed by atoms with van der Waals surface area (Å²) in [5, 5.41) is 2.71. The first kappa shape index (κ1) is 18.8. The van der Waals surface area contributed by atoms with Crippen LogP contribution in [-0.2, 0) is 21.9 Å². The van der Waals surface area contributed by atoms with Crippen molar-refractivity contribution in [2.45, 2.75) is 0 Å². The number of nitrogens with one attached hydrogen (secondary N) is 1. The van der Waals surface area contributed by atoms with E-state index < -0.39 is 15.9 Å². The van der Waals surface area contributed by atoms with Crippen molar-refractivity contribution in [3.05, 3.63) is 72.0 Å². The first-order valence-corrected chi connectivity index (χ1v) is 10.4. The molecule has 10 heteroatoms. The first-order chi connectivity index (χ1) is 13.8. The molecule has 148 valence electrons. The lowest BCUT2D eigenvalue weighted by atomic mass is 10.1. The zero-order valence-electron chi connectivity index (χ0n) is 15.4. The minimum absolute atomic E-state index is 0.0960. The highest BCUT2D eigenvalue weighted by Gasteiger charge is 2.30. The zero-order chi connectivity index (χ0) is 20.6. The van der Waals surface area contributed by atoms with Gasteiger partial charge < -0.3 is 14.8 Å². The normalized spacial score (nSPS) is 17.2. The number of rotatable bonds is 4. The molecule has 3 heterocycles. The number of nitrogens with zero attached hydrogens (tertiary/aromatic N) is 4. The van der Waals surface area contributed by atoms with E-state index in [9.17, 15) is 18.0 Å². The Morgan fingerprint density at radius 3 is 2.62 bits per heavy atom. The molecule has 0 atom stereocenters. The number of ketones is 1. The molecule has 2 aliphatic heterocycles. The number of amidine groups is 1. The molecule has 2 aliphatic rings. The summed E-state index contributed by atoms with van der Waals surface area (Å²) < 4.78 is 29.0. The monoisotopic (exact) mass is 411 g/mol. The number of aryl methyl sites for hydroxylation is 1. The number of benzene rings is 1. The zero-order valence-corrected chi connectivity index (χ0v) is 16.3. The number of hydrogen-bond donors (Lipinski definition) is 1.